The number of piperidine rings is 1. The molecule has 29 heavy (non-hydrogen) atoms. The second kappa shape index (κ2) is 7.92. The van der Waals surface area contributed by atoms with Gasteiger partial charge in [-0.3, -0.25) is 9.69 Å². The fourth-order valence-electron chi connectivity index (χ4n) is 5.24. The predicted octanol–water partition coefficient (Wildman–Crippen LogP) is 2.41. The lowest BCUT2D eigenvalue weighted by Gasteiger charge is -2.37. The van der Waals surface area contributed by atoms with Crippen molar-refractivity contribution in [2.75, 3.05) is 44.2 Å². The van der Waals surface area contributed by atoms with Gasteiger partial charge in [-0.15, -0.1) is 0 Å². The van der Waals surface area contributed by atoms with E-state index in [1.807, 2.05) is 12.1 Å². The topological polar surface area (TPSA) is 40.5 Å². The number of halogens is 1. The molecule has 0 saturated carbocycles. The zero-order valence-electron chi connectivity index (χ0n) is 16.8. The fourth-order valence-corrected chi connectivity index (χ4v) is 5.24. The minimum absolute atomic E-state index is 0.196. The molecule has 0 spiro atoms. The molecule has 5 nitrogen and oxygen atoms in total. The molecule has 2 atom stereocenters. The average molecular weight is 397 g/mol. The Morgan fingerprint density at radius 3 is 2.72 bits per heavy atom. The van der Waals surface area contributed by atoms with Crippen LogP contribution in [0.25, 0.3) is 0 Å². The molecule has 0 radical (unpaired) electrons. The highest BCUT2D eigenvalue weighted by Crippen LogP contribution is 2.31. The molecule has 5 rings (SSSR count). The minimum atomic E-state index is -0.196. The lowest BCUT2D eigenvalue weighted by molar-refractivity contribution is 0.252. The smallest absolute Gasteiger partial charge is 0.255 e. The van der Waals surface area contributed by atoms with Crippen molar-refractivity contribution in [3.05, 3.63) is 63.8 Å². The molecule has 1 N–H and O–H groups in total. The summed E-state index contributed by atoms with van der Waals surface area (Å²) in [5.74, 6) is 0.862. The van der Waals surface area contributed by atoms with E-state index in [0.29, 0.717) is 18.4 Å². The summed E-state index contributed by atoms with van der Waals surface area (Å²) in [7, 11) is 0. The summed E-state index contributed by atoms with van der Waals surface area (Å²) < 4.78 is 15.3. The third-order valence-electron chi connectivity index (χ3n) is 6.76. The van der Waals surface area contributed by atoms with E-state index in [2.05, 4.69) is 31.8 Å². The molecule has 0 amide bonds. The van der Waals surface area contributed by atoms with Crippen LogP contribution < -0.4 is 15.8 Å². The second-order valence-electron chi connectivity index (χ2n) is 8.75. The Morgan fingerprint density at radius 1 is 1.00 bits per heavy atom. The minimum Gasteiger partial charge on any atom is -0.370 e. The van der Waals surface area contributed by atoms with E-state index in [-0.39, 0.29) is 11.4 Å². The molecule has 2 bridgehead atoms. The SMILES string of the molecule is O=c1c(CN2CCCN(c3ccc(F)cc3)CC2)ccc2n1C[C@@H]1CNC[C@H]2C1. The summed E-state index contributed by atoms with van der Waals surface area (Å²) in [6, 6.07) is 11.0. The van der Waals surface area contributed by atoms with E-state index in [9.17, 15) is 9.18 Å². The molecule has 2 aromatic rings. The highest BCUT2D eigenvalue weighted by molar-refractivity contribution is 5.46. The molecular weight excluding hydrogens is 367 g/mol. The summed E-state index contributed by atoms with van der Waals surface area (Å²) in [6.07, 6.45) is 2.25. The van der Waals surface area contributed by atoms with Gasteiger partial charge >= 0.3 is 0 Å². The van der Waals surface area contributed by atoms with Crippen molar-refractivity contribution >= 4 is 5.69 Å². The highest BCUT2D eigenvalue weighted by atomic mass is 19.1. The van der Waals surface area contributed by atoms with Gasteiger partial charge in [-0.1, -0.05) is 6.07 Å². The third-order valence-corrected chi connectivity index (χ3v) is 6.76. The molecule has 154 valence electrons. The molecule has 6 heteroatoms. The number of nitrogens with zero attached hydrogens (tertiary/aromatic N) is 3. The van der Waals surface area contributed by atoms with E-state index in [4.69, 9.17) is 0 Å². The number of hydrogen-bond acceptors (Lipinski definition) is 4. The van der Waals surface area contributed by atoms with Crippen LogP contribution in [0.1, 0.15) is 30.0 Å². The Kier molecular flexibility index (Phi) is 5.14. The van der Waals surface area contributed by atoms with Crippen LogP contribution in [0.15, 0.2) is 41.2 Å². The highest BCUT2D eigenvalue weighted by Gasteiger charge is 2.31. The number of benzene rings is 1. The molecule has 2 fully saturated rings. The van der Waals surface area contributed by atoms with Crippen LogP contribution in [0.3, 0.4) is 0 Å². The molecule has 0 unspecified atom stereocenters. The molecular formula is C23H29FN4O. The first-order valence-electron chi connectivity index (χ1n) is 10.8. The summed E-state index contributed by atoms with van der Waals surface area (Å²) >= 11 is 0. The van der Waals surface area contributed by atoms with Gasteiger partial charge in [-0.25, -0.2) is 4.39 Å². The monoisotopic (exact) mass is 396 g/mol. The van der Waals surface area contributed by atoms with E-state index in [1.165, 1.54) is 24.2 Å². The van der Waals surface area contributed by atoms with E-state index in [1.54, 1.807) is 0 Å². The van der Waals surface area contributed by atoms with Crippen molar-refractivity contribution in [1.82, 2.24) is 14.8 Å². The zero-order valence-corrected chi connectivity index (χ0v) is 16.8. The van der Waals surface area contributed by atoms with Crippen LogP contribution in [-0.2, 0) is 13.1 Å². The molecule has 3 aliphatic rings. The van der Waals surface area contributed by atoms with Gasteiger partial charge in [0.05, 0.1) is 0 Å². The number of fused-ring (bicyclic) bond motifs is 4. The van der Waals surface area contributed by atoms with Crippen LogP contribution in [0.5, 0.6) is 0 Å². The summed E-state index contributed by atoms with van der Waals surface area (Å²) in [5, 5.41) is 3.51. The van der Waals surface area contributed by atoms with Crippen molar-refractivity contribution in [3.63, 3.8) is 0 Å². The van der Waals surface area contributed by atoms with Crippen LogP contribution in [-0.4, -0.2) is 48.7 Å². The first kappa shape index (κ1) is 18.8. The number of anilines is 1. The Morgan fingerprint density at radius 2 is 1.86 bits per heavy atom. The van der Waals surface area contributed by atoms with Gasteiger partial charge < -0.3 is 14.8 Å². The van der Waals surface area contributed by atoms with E-state index >= 15 is 0 Å². The largest absolute Gasteiger partial charge is 0.370 e. The summed E-state index contributed by atoms with van der Waals surface area (Å²) in [6.45, 7) is 7.32. The second-order valence-corrected chi connectivity index (χ2v) is 8.75. The van der Waals surface area contributed by atoms with Gasteiger partial charge in [0.2, 0.25) is 0 Å². The van der Waals surface area contributed by atoms with Gasteiger partial charge in [-0.05, 0) is 55.6 Å². The van der Waals surface area contributed by atoms with Crippen LogP contribution in [0, 0.1) is 11.7 Å². The molecule has 2 saturated heterocycles. The lowest BCUT2D eigenvalue weighted by Crippen LogP contribution is -2.45. The van der Waals surface area contributed by atoms with Crippen molar-refractivity contribution in [2.24, 2.45) is 5.92 Å². The number of nitrogens with one attached hydrogen (secondary N) is 1. The first-order valence-corrected chi connectivity index (χ1v) is 10.8. The summed E-state index contributed by atoms with van der Waals surface area (Å²) in [5.41, 5.74) is 3.40. The standard InChI is InChI=1S/C23H29FN4O/c24-20-3-5-21(6-4-20)27-9-1-8-26(10-11-27)16-18-2-7-22-19-12-17(13-25-14-19)15-28(22)23(18)29/h2-7,17,19,25H,1,8-16H2/t17-,19+/m0/s1. The number of pyridine rings is 1. The fraction of sp³-hybridized carbons (Fsp3) is 0.522. The Bertz CT molecular complexity index is 925. The van der Waals surface area contributed by atoms with Crippen molar-refractivity contribution in [2.45, 2.75) is 31.8 Å². The first-order chi connectivity index (χ1) is 14.2. The predicted molar refractivity (Wildman–Crippen MR) is 113 cm³/mol. The maximum atomic E-state index is 13.2. The average Bonchev–Trinajstić information content (AvgIpc) is 2.97. The Labute approximate surface area is 171 Å². The molecule has 1 aromatic carbocycles. The number of rotatable bonds is 3. The molecule has 4 heterocycles. The van der Waals surface area contributed by atoms with Crippen LogP contribution in [0.4, 0.5) is 10.1 Å². The van der Waals surface area contributed by atoms with E-state index < -0.39 is 0 Å². The number of hydrogen-bond donors (Lipinski definition) is 1. The molecule has 3 aliphatic heterocycles. The Hall–Kier alpha value is -2.18. The van der Waals surface area contributed by atoms with Gasteiger partial charge in [-0.2, -0.15) is 0 Å². The molecule has 1 aromatic heterocycles. The van der Waals surface area contributed by atoms with Crippen molar-refractivity contribution < 1.29 is 4.39 Å². The maximum absolute atomic E-state index is 13.2. The Balaban J connectivity index is 1.29. The zero-order chi connectivity index (χ0) is 19.8. The van der Waals surface area contributed by atoms with Gasteiger partial charge in [0.25, 0.3) is 5.56 Å². The van der Waals surface area contributed by atoms with Crippen molar-refractivity contribution in [1.29, 1.82) is 0 Å². The van der Waals surface area contributed by atoms with Gasteiger partial charge in [0, 0.05) is 68.7 Å². The van der Waals surface area contributed by atoms with Gasteiger partial charge in [0.15, 0.2) is 0 Å². The van der Waals surface area contributed by atoms with Crippen LogP contribution >= 0.6 is 0 Å². The van der Waals surface area contributed by atoms with Crippen molar-refractivity contribution in [3.8, 4) is 0 Å². The quantitative estimate of drug-likeness (QED) is 0.865. The van der Waals surface area contributed by atoms with Gasteiger partial charge in [0.1, 0.15) is 5.82 Å². The van der Waals surface area contributed by atoms with Crippen LogP contribution in [0.2, 0.25) is 0 Å². The third kappa shape index (κ3) is 3.83. The normalized spacial score (nSPS) is 24.8. The number of aromatic nitrogens is 1. The maximum Gasteiger partial charge on any atom is 0.255 e. The summed E-state index contributed by atoms with van der Waals surface area (Å²) in [4.78, 5) is 17.9. The van der Waals surface area contributed by atoms with E-state index in [0.717, 1.165) is 63.5 Å². The molecule has 0 aliphatic carbocycles. The lowest BCUT2D eigenvalue weighted by atomic mass is 9.84.